The van der Waals surface area contributed by atoms with Crippen LogP contribution in [0.2, 0.25) is 0 Å². The summed E-state index contributed by atoms with van der Waals surface area (Å²) < 4.78 is 20.1. The molecule has 1 atom stereocenters. The van der Waals surface area contributed by atoms with Gasteiger partial charge in [0.25, 0.3) is 0 Å². The Balaban J connectivity index is 3.46. The van der Waals surface area contributed by atoms with Crippen LogP contribution in [0.15, 0.2) is 24.1 Å². The first-order valence-corrected chi connectivity index (χ1v) is 5.86. The first-order valence-electron chi connectivity index (χ1n) is 3.24. The van der Waals surface area contributed by atoms with Gasteiger partial charge >= 0.3 is 8.25 Å². The van der Waals surface area contributed by atoms with Crippen molar-refractivity contribution < 1.29 is 13.3 Å². The lowest BCUT2D eigenvalue weighted by Crippen LogP contribution is -1.87. The summed E-state index contributed by atoms with van der Waals surface area (Å²) in [5.74, 6) is 0. The third kappa shape index (κ3) is 7.59. The van der Waals surface area contributed by atoms with Gasteiger partial charge in [0.15, 0.2) is 9.76 Å². The van der Waals surface area contributed by atoms with Gasteiger partial charge in [0.1, 0.15) is 0 Å². The molecule has 0 aliphatic carbocycles. The van der Waals surface area contributed by atoms with Gasteiger partial charge < -0.3 is 8.74 Å². The van der Waals surface area contributed by atoms with Crippen LogP contribution in [0.1, 0.15) is 13.8 Å². The average molecular weight is 192 g/mol. The fraction of sp³-hybridized carbons (Fsp3) is 0.333. The SMILES string of the molecule is C=CO[PH](=O)O[SiH2]C=C(C)C. The van der Waals surface area contributed by atoms with Crippen LogP contribution in [-0.4, -0.2) is 9.76 Å². The fourth-order valence-electron chi connectivity index (χ4n) is 0.378. The monoisotopic (exact) mass is 192 g/mol. The predicted molar refractivity (Wildman–Crippen MR) is 49.3 cm³/mol. The Bertz CT molecular complexity index is 175. The van der Waals surface area contributed by atoms with Crippen molar-refractivity contribution in [3.8, 4) is 0 Å². The van der Waals surface area contributed by atoms with Crippen molar-refractivity contribution >= 4 is 18.0 Å². The van der Waals surface area contributed by atoms with Crippen molar-refractivity contribution in [3.05, 3.63) is 24.1 Å². The van der Waals surface area contributed by atoms with Crippen LogP contribution in [0.4, 0.5) is 0 Å². The summed E-state index contributed by atoms with van der Waals surface area (Å²) >= 11 is 0. The standard InChI is InChI=1S/C6H13O3PSi/c1-4-8-10(7)9-11-5-6(2)3/h4-5,10H,1,11H2,2-3H3. The largest absolute Gasteiger partial charge is 0.435 e. The van der Waals surface area contributed by atoms with E-state index in [1.807, 2.05) is 19.5 Å². The van der Waals surface area contributed by atoms with Crippen LogP contribution in [0.3, 0.4) is 0 Å². The smallest absolute Gasteiger partial charge is 0.357 e. The molecule has 0 rings (SSSR count). The van der Waals surface area contributed by atoms with E-state index in [2.05, 4.69) is 11.1 Å². The Morgan fingerprint density at radius 1 is 1.64 bits per heavy atom. The molecular formula is C6H13O3PSi. The third-order valence-electron chi connectivity index (χ3n) is 0.872. The van der Waals surface area contributed by atoms with Crippen molar-refractivity contribution in [2.45, 2.75) is 13.8 Å². The topological polar surface area (TPSA) is 35.5 Å². The second-order valence-corrected chi connectivity index (χ2v) is 4.76. The Kier molecular flexibility index (Phi) is 6.22. The summed E-state index contributed by atoms with van der Waals surface area (Å²) in [6.45, 7) is 7.22. The van der Waals surface area contributed by atoms with Gasteiger partial charge in [0.2, 0.25) is 0 Å². The van der Waals surface area contributed by atoms with Crippen LogP contribution in [0.5, 0.6) is 0 Å². The summed E-state index contributed by atoms with van der Waals surface area (Å²) in [5, 5.41) is 0. The highest BCUT2D eigenvalue weighted by Gasteiger charge is 1.93. The molecule has 0 aromatic heterocycles. The average Bonchev–Trinajstić information content (AvgIpc) is 1.87. The molecule has 0 saturated carbocycles. The van der Waals surface area contributed by atoms with Crippen LogP contribution in [-0.2, 0) is 13.3 Å². The lowest BCUT2D eigenvalue weighted by Gasteiger charge is -1.99. The zero-order valence-electron chi connectivity index (χ0n) is 6.79. The van der Waals surface area contributed by atoms with E-state index in [4.69, 9.17) is 4.21 Å². The van der Waals surface area contributed by atoms with Crippen molar-refractivity contribution in [1.29, 1.82) is 0 Å². The summed E-state index contributed by atoms with van der Waals surface area (Å²) in [5.41, 5.74) is 3.15. The number of rotatable bonds is 5. The van der Waals surface area contributed by atoms with Gasteiger partial charge in [-0.05, 0) is 13.8 Å². The first-order chi connectivity index (χ1) is 5.16. The van der Waals surface area contributed by atoms with Crippen LogP contribution < -0.4 is 0 Å². The molecule has 5 heteroatoms. The van der Waals surface area contributed by atoms with Gasteiger partial charge in [-0.2, -0.15) is 0 Å². The molecule has 0 aliphatic rings. The first kappa shape index (κ1) is 10.7. The van der Waals surface area contributed by atoms with Gasteiger partial charge in [0, 0.05) is 0 Å². The molecule has 0 bridgehead atoms. The second kappa shape index (κ2) is 6.40. The quantitative estimate of drug-likeness (QED) is 0.377. The van der Waals surface area contributed by atoms with Crippen LogP contribution in [0, 0.1) is 0 Å². The van der Waals surface area contributed by atoms with Gasteiger partial charge in [-0.25, -0.2) is 4.57 Å². The van der Waals surface area contributed by atoms with E-state index in [0.29, 0.717) is 0 Å². The summed E-state index contributed by atoms with van der Waals surface area (Å²) in [6, 6.07) is 0. The summed E-state index contributed by atoms with van der Waals surface area (Å²) in [6.07, 6.45) is 1.14. The molecule has 11 heavy (non-hydrogen) atoms. The minimum Gasteiger partial charge on any atom is -0.435 e. The number of hydrogen-bond donors (Lipinski definition) is 0. The minimum absolute atomic E-state index is 0.806. The maximum absolute atomic E-state index is 10.7. The molecule has 0 aromatic carbocycles. The van der Waals surface area contributed by atoms with Gasteiger partial charge in [0.05, 0.1) is 6.26 Å². The van der Waals surface area contributed by atoms with Crippen molar-refractivity contribution in [3.63, 3.8) is 0 Å². The van der Waals surface area contributed by atoms with Crippen molar-refractivity contribution in [2.24, 2.45) is 0 Å². The maximum Gasteiger partial charge on any atom is 0.357 e. The Hall–Kier alpha value is -0.313. The summed E-state index contributed by atoms with van der Waals surface area (Å²) in [7, 11) is -3.09. The van der Waals surface area contributed by atoms with E-state index in [1.165, 1.54) is 5.57 Å². The minimum atomic E-state index is -2.29. The normalized spacial score (nSPS) is 12.9. The van der Waals surface area contributed by atoms with E-state index < -0.39 is 18.0 Å². The molecule has 3 nitrogen and oxygen atoms in total. The summed E-state index contributed by atoms with van der Waals surface area (Å²) in [4.78, 5) is 0. The zero-order valence-corrected chi connectivity index (χ0v) is 9.21. The van der Waals surface area contributed by atoms with Crippen LogP contribution >= 0.6 is 8.25 Å². The molecular weight excluding hydrogens is 179 g/mol. The van der Waals surface area contributed by atoms with Crippen molar-refractivity contribution in [2.75, 3.05) is 0 Å². The highest BCUT2D eigenvalue weighted by Crippen LogP contribution is 2.22. The second-order valence-electron chi connectivity index (χ2n) is 2.13. The Morgan fingerprint density at radius 2 is 2.27 bits per heavy atom. The molecule has 0 heterocycles. The van der Waals surface area contributed by atoms with Crippen LogP contribution in [0.25, 0.3) is 0 Å². The Morgan fingerprint density at radius 3 is 2.73 bits per heavy atom. The highest BCUT2D eigenvalue weighted by atomic mass is 31.1. The molecule has 0 aromatic rings. The molecule has 0 amide bonds. The van der Waals surface area contributed by atoms with E-state index in [1.54, 1.807) is 0 Å². The van der Waals surface area contributed by atoms with E-state index in [-0.39, 0.29) is 0 Å². The van der Waals surface area contributed by atoms with E-state index in [9.17, 15) is 4.57 Å². The van der Waals surface area contributed by atoms with E-state index in [0.717, 1.165) is 6.26 Å². The predicted octanol–water partition coefficient (Wildman–Crippen LogP) is 1.56. The molecule has 64 valence electrons. The number of allylic oxidation sites excluding steroid dienone is 1. The molecule has 0 N–H and O–H groups in total. The molecule has 0 radical (unpaired) electrons. The fourth-order valence-corrected chi connectivity index (χ4v) is 2.00. The highest BCUT2D eigenvalue weighted by molar-refractivity contribution is 7.34. The van der Waals surface area contributed by atoms with Crippen molar-refractivity contribution in [1.82, 2.24) is 0 Å². The maximum atomic E-state index is 10.7. The van der Waals surface area contributed by atoms with E-state index >= 15 is 0 Å². The molecule has 0 saturated heterocycles. The van der Waals surface area contributed by atoms with Gasteiger partial charge in [-0.15, -0.1) is 0 Å². The Labute approximate surface area is 70.0 Å². The lowest BCUT2D eigenvalue weighted by atomic mass is 10.4. The molecule has 0 fully saturated rings. The lowest BCUT2D eigenvalue weighted by molar-refractivity contribution is 0.393. The number of hydrogen-bond acceptors (Lipinski definition) is 3. The molecule has 0 aliphatic heterocycles. The molecule has 1 unspecified atom stereocenters. The van der Waals surface area contributed by atoms with Gasteiger partial charge in [-0.3, -0.25) is 0 Å². The molecule has 0 spiro atoms. The third-order valence-corrected chi connectivity index (χ3v) is 3.82. The van der Waals surface area contributed by atoms with Gasteiger partial charge in [-0.1, -0.05) is 17.9 Å². The zero-order chi connectivity index (χ0) is 8.69.